The number of carbonyl (C=O) groups is 3. The van der Waals surface area contributed by atoms with Crippen LogP contribution in [0.25, 0.3) is 0 Å². The van der Waals surface area contributed by atoms with Gasteiger partial charge < -0.3 is 30.2 Å². The Bertz CT molecular complexity index is 543. The molecule has 0 amide bonds. The fourth-order valence-electron chi connectivity index (χ4n) is 1.70. The van der Waals surface area contributed by atoms with Crippen LogP contribution in [0.5, 0.6) is 0 Å². The average Bonchev–Trinajstić information content (AvgIpc) is 2.64. The Balaban J connectivity index is 2.81. The third kappa shape index (κ3) is 9.18. The molecule has 0 aliphatic carbocycles. The van der Waals surface area contributed by atoms with Crippen LogP contribution >= 0.6 is 0 Å². The second-order valence-corrected chi connectivity index (χ2v) is 4.78. The molecule has 0 fully saturated rings. The Hall–Kier alpha value is -3.18. The fraction of sp³-hybridized carbons (Fsp3) is 0.600. The van der Waals surface area contributed by atoms with Crippen molar-refractivity contribution in [3.8, 4) is 0 Å². The van der Waals surface area contributed by atoms with Gasteiger partial charge in [0.1, 0.15) is 19.6 Å². The van der Waals surface area contributed by atoms with Crippen molar-refractivity contribution in [3.63, 3.8) is 0 Å². The topological polar surface area (TPSA) is 154 Å². The first kappa shape index (κ1) is 21.9. The minimum atomic E-state index is -0.486. The number of hydrogen-bond acceptors (Lipinski definition) is 12. The Kier molecular flexibility index (Phi) is 9.89. The molecule has 0 saturated heterocycles. The van der Waals surface area contributed by atoms with Gasteiger partial charge in [-0.2, -0.15) is 15.0 Å². The molecule has 0 unspecified atom stereocenters. The molecule has 0 bridgehead atoms. The van der Waals surface area contributed by atoms with Gasteiger partial charge in [-0.1, -0.05) is 0 Å². The largest absolute Gasteiger partial charge is 0.465 e. The molecule has 0 spiro atoms. The monoisotopic (exact) mass is 384 g/mol. The van der Waals surface area contributed by atoms with E-state index < -0.39 is 17.9 Å². The molecule has 1 heterocycles. The maximum atomic E-state index is 11.5. The third-order valence-corrected chi connectivity index (χ3v) is 2.72. The first-order chi connectivity index (χ1) is 13.0. The molecule has 0 aromatic carbocycles. The number of anilines is 3. The van der Waals surface area contributed by atoms with E-state index in [1.165, 1.54) is 0 Å². The van der Waals surface area contributed by atoms with Crippen LogP contribution in [0.4, 0.5) is 17.8 Å². The first-order valence-corrected chi connectivity index (χ1v) is 8.43. The molecule has 3 N–H and O–H groups in total. The molecule has 0 aliphatic rings. The van der Waals surface area contributed by atoms with Crippen LogP contribution in [0.3, 0.4) is 0 Å². The van der Waals surface area contributed by atoms with Crippen LogP contribution in [-0.2, 0) is 28.6 Å². The maximum Gasteiger partial charge on any atom is 0.325 e. The van der Waals surface area contributed by atoms with Crippen molar-refractivity contribution in [2.45, 2.75) is 20.8 Å². The van der Waals surface area contributed by atoms with Gasteiger partial charge in [-0.05, 0) is 20.8 Å². The fourth-order valence-corrected chi connectivity index (χ4v) is 1.70. The van der Waals surface area contributed by atoms with Crippen LogP contribution in [-0.4, -0.2) is 72.3 Å². The molecular weight excluding hydrogens is 360 g/mol. The highest BCUT2D eigenvalue weighted by atomic mass is 16.5. The zero-order valence-corrected chi connectivity index (χ0v) is 15.5. The van der Waals surface area contributed by atoms with Gasteiger partial charge in [-0.15, -0.1) is 0 Å². The second-order valence-electron chi connectivity index (χ2n) is 4.78. The zero-order valence-electron chi connectivity index (χ0n) is 15.5. The van der Waals surface area contributed by atoms with E-state index in [-0.39, 0.29) is 57.3 Å². The summed E-state index contributed by atoms with van der Waals surface area (Å²) in [5.74, 6) is -1.30. The minimum Gasteiger partial charge on any atom is -0.465 e. The lowest BCUT2D eigenvalue weighted by atomic mass is 10.6. The van der Waals surface area contributed by atoms with Gasteiger partial charge >= 0.3 is 17.9 Å². The summed E-state index contributed by atoms with van der Waals surface area (Å²) in [5.41, 5.74) is 0. The number of ether oxygens (including phenoxy) is 3. The zero-order chi connectivity index (χ0) is 20.1. The van der Waals surface area contributed by atoms with Crippen LogP contribution in [0, 0.1) is 0 Å². The average molecular weight is 384 g/mol. The van der Waals surface area contributed by atoms with Gasteiger partial charge in [0.05, 0.1) is 19.8 Å². The lowest BCUT2D eigenvalue weighted by molar-refractivity contribution is -0.141. The Labute approximate surface area is 156 Å². The van der Waals surface area contributed by atoms with Gasteiger partial charge in [0, 0.05) is 0 Å². The number of hydrogen-bond donors (Lipinski definition) is 3. The van der Waals surface area contributed by atoms with Crippen LogP contribution in [0.1, 0.15) is 20.8 Å². The molecule has 0 radical (unpaired) electrons. The van der Waals surface area contributed by atoms with Gasteiger partial charge in [0.15, 0.2) is 0 Å². The van der Waals surface area contributed by atoms with E-state index in [0.29, 0.717) is 0 Å². The Morgan fingerprint density at radius 3 is 1.11 bits per heavy atom. The van der Waals surface area contributed by atoms with Crippen LogP contribution in [0.15, 0.2) is 0 Å². The Morgan fingerprint density at radius 1 is 0.630 bits per heavy atom. The molecule has 0 atom stereocenters. The number of esters is 3. The first-order valence-electron chi connectivity index (χ1n) is 8.43. The van der Waals surface area contributed by atoms with Crippen molar-refractivity contribution in [1.29, 1.82) is 0 Å². The van der Waals surface area contributed by atoms with Crippen molar-refractivity contribution < 1.29 is 28.6 Å². The van der Waals surface area contributed by atoms with Gasteiger partial charge in [-0.3, -0.25) is 14.4 Å². The lowest BCUT2D eigenvalue weighted by Gasteiger charge is -2.11. The van der Waals surface area contributed by atoms with Crippen molar-refractivity contribution >= 4 is 35.8 Å². The Morgan fingerprint density at radius 2 is 0.889 bits per heavy atom. The minimum absolute atomic E-state index is 0.0516. The summed E-state index contributed by atoms with van der Waals surface area (Å²) < 4.78 is 14.4. The van der Waals surface area contributed by atoms with Crippen molar-refractivity contribution in [3.05, 3.63) is 0 Å². The van der Waals surface area contributed by atoms with Crippen LogP contribution in [0.2, 0.25) is 0 Å². The summed E-state index contributed by atoms with van der Waals surface area (Å²) in [7, 11) is 0. The lowest BCUT2D eigenvalue weighted by Crippen LogP contribution is -2.23. The van der Waals surface area contributed by atoms with E-state index in [9.17, 15) is 14.4 Å². The smallest absolute Gasteiger partial charge is 0.325 e. The summed E-state index contributed by atoms with van der Waals surface area (Å²) in [6.07, 6.45) is 0. The van der Waals surface area contributed by atoms with Crippen molar-refractivity contribution in [2.75, 3.05) is 55.4 Å². The molecule has 1 aromatic heterocycles. The maximum absolute atomic E-state index is 11.5. The van der Waals surface area contributed by atoms with E-state index in [2.05, 4.69) is 30.9 Å². The molecule has 0 saturated carbocycles. The molecule has 1 rings (SSSR count). The summed E-state index contributed by atoms with van der Waals surface area (Å²) in [5, 5.41) is 8.06. The summed E-state index contributed by atoms with van der Waals surface area (Å²) in [4.78, 5) is 46.5. The van der Waals surface area contributed by atoms with Gasteiger partial charge in [-0.25, -0.2) is 0 Å². The van der Waals surface area contributed by atoms with E-state index in [1.54, 1.807) is 20.8 Å². The number of nitrogens with one attached hydrogen (secondary N) is 3. The SMILES string of the molecule is CCOC(=O)CNc1nc(NCC(=O)OCC)nc(NCC(=O)OCC)n1. The van der Waals surface area contributed by atoms with Crippen molar-refractivity contribution in [1.82, 2.24) is 15.0 Å². The third-order valence-electron chi connectivity index (χ3n) is 2.72. The normalized spacial score (nSPS) is 9.89. The van der Waals surface area contributed by atoms with Crippen LogP contribution < -0.4 is 16.0 Å². The van der Waals surface area contributed by atoms with E-state index in [4.69, 9.17) is 14.2 Å². The highest BCUT2D eigenvalue weighted by molar-refractivity contribution is 5.76. The standard InChI is InChI=1S/C15H24N6O6/c1-4-25-10(22)7-16-13-19-14(17-8-11(23)26-5-2)21-15(20-13)18-9-12(24)27-6-3/h4-9H2,1-3H3,(H3,16,17,18,19,20,21). The van der Waals surface area contributed by atoms with Crippen molar-refractivity contribution in [2.24, 2.45) is 0 Å². The van der Waals surface area contributed by atoms with Gasteiger partial charge in [0.2, 0.25) is 17.8 Å². The molecule has 0 aliphatic heterocycles. The van der Waals surface area contributed by atoms with E-state index in [0.717, 1.165) is 0 Å². The summed E-state index contributed by atoms with van der Waals surface area (Å²) in [6, 6.07) is 0. The molecule has 12 heteroatoms. The summed E-state index contributed by atoms with van der Waals surface area (Å²) in [6.45, 7) is 5.33. The molecule has 27 heavy (non-hydrogen) atoms. The van der Waals surface area contributed by atoms with E-state index >= 15 is 0 Å². The number of aromatic nitrogens is 3. The number of nitrogens with zero attached hydrogens (tertiary/aromatic N) is 3. The summed E-state index contributed by atoms with van der Waals surface area (Å²) >= 11 is 0. The number of carbonyl (C=O) groups excluding carboxylic acids is 3. The highest BCUT2D eigenvalue weighted by Gasteiger charge is 2.11. The molecule has 1 aromatic rings. The second kappa shape index (κ2) is 12.2. The predicted octanol–water partition coefficient (Wildman–Crippen LogP) is -0.203. The molecule has 12 nitrogen and oxygen atoms in total. The quantitative estimate of drug-likeness (QED) is 0.323. The predicted molar refractivity (Wildman–Crippen MR) is 95.2 cm³/mol. The van der Waals surface area contributed by atoms with Gasteiger partial charge in [0.25, 0.3) is 0 Å². The number of rotatable bonds is 12. The highest BCUT2D eigenvalue weighted by Crippen LogP contribution is 2.09. The molecule has 150 valence electrons. The van der Waals surface area contributed by atoms with E-state index in [1.807, 2.05) is 0 Å². The molecular formula is C15H24N6O6.